The molecule has 0 saturated carbocycles. The summed E-state index contributed by atoms with van der Waals surface area (Å²) < 4.78 is 0. The van der Waals surface area contributed by atoms with Crippen molar-refractivity contribution in [3.8, 4) is 0 Å². The fourth-order valence-electron chi connectivity index (χ4n) is 1.86. The van der Waals surface area contributed by atoms with Crippen LogP contribution in [0, 0.1) is 0 Å². The molecule has 0 saturated heterocycles. The van der Waals surface area contributed by atoms with Crippen LogP contribution in [0.25, 0.3) is 0 Å². The summed E-state index contributed by atoms with van der Waals surface area (Å²) >= 11 is 1.82. The van der Waals surface area contributed by atoms with Gasteiger partial charge in [-0.15, -0.1) is 11.8 Å². The van der Waals surface area contributed by atoms with Crippen LogP contribution in [0.2, 0.25) is 0 Å². The summed E-state index contributed by atoms with van der Waals surface area (Å²) in [6.07, 6.45) is 0.680. The average Bonchev–Trinajstić information content (AvgIpc) is 2.16. The highest BCUT2D eigenvalue weighted by Crippen LogP contribution is 2.36. The summed E-state index contributed by atoms with van der Waals surface area (Å²) in [5, 5.41) is 0.426. The Hall–Kier alpha value is -0.760. The molecule has 1 aliphatic rings. The molecule has 0 bridgehead atoms. The van der Waals surface area contributed by atoms with Gasteiger partial charge in [0.25, 0.3) is 0 Å². The zero-order chi connectivity index (χ0) is 11.0. The van der Waals surface area contributed by atoms with E-state index >= 15 is 0 Å². The molecule has 1 nitrogen and oxygen atoms in total. The Labute approximate surface area is 95.3 Å². The first-order chi connectivity index (χ1) is 7.08. The highest BCUT2D eigenvalue weighted by molar-refractivity contribution is 8.00. The highest BCUT2D eigenvalue weighted by Gasteiger charge is 2.23. The van der Waals surface area contributed by atoms with Gasteiger partial charge in [0.2, 0.25) is 0 Å². The maximum absolute atomic E-state index is 11.9. The monoisotopic (exact) mass is 220 g/mol. The van der Waals surface area contributed by atoms with E-state index in [1.807, 2.05) is 11.8 Å². The summed E-state index contributed by atoms with van der Waals surface area (Å²) in [7, 11) is 0. The second-order valence-electron chi connectivity index (χ2n) is 4.47. The van der Waals surface area contributed by atoms with Gasteiger partial charge in [-0.25, -0.2) is 0 Å². The van der Waals surface area contributed by atoms with Crippen molar-refractivity contribution in [3.05, 3.63) is 29.3 Å². The van der Waals surface area contributed by atoms with Crippen LogP contribution in [0.3, 0.4) is 0 Å². The molecule has 1 atom stereocenters. The Morgan fingerprint density at radius 1 is 1.40 bits per heavy atom. The molecule has 1 heterocycles. The van der Waals surface area contributed by atoms with E-state index in [0.717, 1.165) is 10.5 Å². The maximum Gasteiger partial charge on any atom is 0.165 e. The number of ketones is 1. The number of hydrogen-bond donors (Lipinski definition) is 0. The van der Waals surface area contributed by atoms with Crippen LogP contribution >= 0.6 is 11.8 Å². The SMILES string of the molecule is CC1CC(=O)c2cc(C(C)C)ccc2S1. The van der Waals surface area contributed by atoms with Gasteiger partial charge in [0, 0.05) is 22.1 Å². The van der Waals surface area contributed by atoms with Gasteiger partial charge in [0.05, 0.1) is 0 Å². The number of Topliss-reactive ketones (excluding diaryl/α,β-unsaturated/α-hetero) is 1. The number of fused-ring (bicyclic) bond motifs is 1. The van der Waals surface area contributed by atoms with Gasteiger partial charge >= 0.3 is 0 Å². The molecule has 0 radical (unpaired) electrons. The topological polar surface area (TPSA) is 17.1 Å². The molecule has 15 heavy (non-hydrogen) atoms. The largest absolute Gasteiger partial charge is 0.294 e. The van der Waals surface area contributed by atoms with E-state index < -0.39 is 0 Å². The van der Waals surface area contributed by atoms with Crippen LogP contribution in [0.1, 0.15) is 49.0 Å². The van der Waals surface area contributed by atoms with Crippen LogP contribution in [0.4, 0.5) is 0 Å². The van der Waals surface area contributed by atoms with Crippen molar-refractivity contribution in [1.29, 1.82) is 0 Å². The lowest BCUT2D eigenvalue weighted by Crippen LogP contribution is -2.14. The minimum atomic E-state index is 0.304. The smallest absolute Gasteiger partial charge is 0.165 e. The van der Waals surface area contributed by atoms with Crippen molar-refractivity contribution < 1.29 is 4.79 Å². The molecule has 1 unspecified atom stereocenters. The lowest BCUT2D eigenvalue weighted by atomic mass is 9.97. The highest BCUT2D eigenvalue weighted by atomic mass is 32.2. The standard InChI is InChI=1S/C13H16OS/c1-8(2)10-4-5-13-11(7-10)12(14)6-9(3)15-13/h4-5,7-9H,6H2,1-3H3. The second-order valence-corrected chi connectivity index (χ2v) is 5.95. The fraction of sp³-hybridized carbons (Fsp3) is 0.462. The quantitative estimate of drug-likeness (QED) is 0.714. The summed E-state index contributed by atoms with van der Waals surface area (Å²) in [5.74, 6) is 0.797. The van der Waals surface area contributed by atoms with Gasteiger partial charge in [0.15, 0.2) is 5.78 Å². The van der Waals surface area contributed by atoms with Crippen LogP contribution < -0.4 is 0 Å². The van der Waals surface area contributed by atoms with Gasteiger partial charge in [-0.3, -0.25) is 4.79 Å². The molecule has 0 amide bonds. The zero-order valence-electron chi connectivity index (χ0n) is 9.41. The van der Waals surface area contributed by atoms with Gasteiger partial charge < -0.3 is 0 Å². The number of carbonyl (C=O) groups excluding carboxylic acids is 1. The molecule has 1 aromatic carbocycles. The van der Waals surface area contributed by atoms with E-state index in [2.05, 4.69) is 39.0 Å². The number of rotatable bonds is 1. The van der Waals surface area contributed by atoms with Gasteiger partial charge in [-0.2, -0.15) is 0 Å². The molecular weight excluding hydrogens is 204 g/mol. The third kappa shape index (κ3) is 2.10. The van der Waals surface area contributed by atoms with Crippen molar-refractivity contribution in [2.45, 2.75) is 43.3 Å². The van der Waals surface area contributed by atoms with Crippen LogP contribution in [-0.4, -0.2) is 11.0 Å². The molecule has 1 aliphatic heterocycles. The van der Waals surface area contributed by atoms with E-state index in [9.17, 15) is 4.79 Å². The molecule has 2 rings (SSSR count). The third-order valence-corrected chi connectivity index (χ3v) is 3.95. The molecule has 80 valence electrons. The number of hydrogen-bond acceptors (Lipinski definition) is 2. The summed E-state index contributed by atoms with van der Waals surface area (Å²) in [4.78, 5) is 13.0. The van der Waals surface area contributed by atoms with Crippen molar-refractivity contribution in [1.82, 2.24) is 0 Å². The number of carbonyl (C=O) groups is 1. The van der Waals surface area contributed by atoms with Crippen LogP contribution in [0.15, 0.2) is 23.1 Å². The summed E-state index contributed by atoms with van der Waals surface area (Å²) in [6, 6.07) is 6.31. The van der Waals surface area contributed by atoms with Crippen molar-refractivity contribution >= 4 is 17.5 Å². The maximum atomic E-state index is 11.9. The summed E-state index contributed by atoms with van der Waals surface area (Å²) in [6.45, 7) is 6.43. The van der Waals surface area contributed by atoms with E-state index in [0.29, 0.717) is 23.4 Å². The third-order valence-electron chi connectivity index (χ3n) is 2.77. The van der Waals surface area contributed by atoms with E-state index in [-0.39, 0.29) is 0 Å². The number of thioether (sulfide) groups is 1. The van der Waals surface area contributed by atoms with Crippen molar-refractivity contribution in [2.75, 3.05) is 0 Å². The Kier molecular flexibility index (Phi) is 2.87. The fourth-order valence-corrected chi connectivity index (χ4v) is 2.97. The van der Waals surface area contributed by atoms with Crippen molar-refractivity contribution in [2.24, 2.45) is 0 Å². The molecular formula is C13H16OS. The number of benzene rings is 1. The van der Waals surface area contributed by atoms with Crippen LogP contribution in [-0.2, 0) is 0 Å². The Morgan fingerprint density at radius 3 is 2.80 bits per heavy atom. The van der Waals surface area contributed by atoms with Crippen LogP contribution in [0.5, 0.6) is 0 Å². The predicted octanol–water partition coefficient (Wildman–Crippen LogP) is 3.88. The molecule has 2 heteroatoms. The van der Waals surface area contributed by atoms with E-state index in [1.165, 1.54) is 5.56 Å². The van der Waals surface area contributed by atoms with Crippen molar-refractivity contribution in [3.63, 3.8) is 0 Å². The first kappa shape index (κ1) is 10.7. The minimum Gasteiger partial charge on any atom is -0.294 e. The average molecular weight is 220 g/mol. The Bertz CT molecular complexity index is 396. The first-order valence-electron chi connectivity index (χ1n) is 5.41. The molecule has 1 aromatic rings. The van der Waals surface area contributed by atoms with Gasteiger partial charge in [-0.05, 0) is 23.6 Å². The lowest BCUT2D eigenvalue weighted by molar-refractivity contribution is 0.0978. The molecule has 0 N–H and O–H groups in total. The zero-order valence-corrected chi connectivity index (χ0v) is 10.2. The first-order valence-corrected chi connectivity index (χ1v) is 6.29. The minimum absolute atomic E-state index is 0.304. The predicted molar refractivity (Wildman–Crippen MR) is 64.8 cm³/mol. The molecule has 0 spiro atoms. The van der Waals surface area contributed by atoms with E-state index in [1.54, 1.807) is 0 Å². The van der Waals surface area contributed by atoms with E-state index in [4.69, 9.17) is 0 Å². The second kappa shape index (κ2) is 4.01. The molecule has 0 aliphatic carbocycles. The normalized spacial score (nSPS) is 20.5. The Morgan fingerprint density at radius 2 is 2.13 bits per heavy atom. The van der Waals surface area contributed by atoms with Gasteiger partial charge in [-0.1, -0.05) is 26.8 Å². The van der Waals surface area contributed by atoms with Gasteiger partial charge in [0.1, 0.15) is 0 Å². The Balaban J connectivity index is 2.44. The molecule has 0 aromatic heterocycles. The lowest BCUT2D eigenvalue weighted by Gasteiger charge is -2.21. The summed E-state index contributed by atoms with van der Waals surface area (Å²) in [5.41, 5.74) is 2.20. The molecule has 0 fully saturated rings.